The van der Waals surface area contributed by atoms with Crippen molar-refractivity contribution in [3.63, 3.8) is 0 Å². The van der Waals surface area contributed by atoms with Crippen LogP contribution in [0.5, 0.6) is 0 Å². The molecule has 2 aromatic heterocycles. The van der Waals surface area contributed by atoms with Crippen molar-refractivity contribution in [2.24, 2.45) is 4.99 Å². The number of nitrogens with one attached hydrogen (secondary N) is 2. The number of aliphatic imine (C=N–C) groups is 1. The molecule has 0 saturated carbocycles. The van der Waals surface area contributed by atoms with E-state index >= 15 is 0 Å². The van der Waals surface area contributed by atoms with Crippen LogP contribution in [0, 0.1) is 0 Å². The van der Waals surface area contributed by atoms with Crippen LogP contribution in [0.4, 0.5) is 0 Å². The monoisotopic (exact) mass is 820 g/mol. The molecular formula is C59H42N5+. The smallest absolute Gasteiger partial charge is 0.310 e. The van der Waals surface area contributed by atoms with E-state index in [1.807, 2.05) is 0 Å². The lowest BCUT2D eigenvalue weighted by molar-refractivity contribution is -0.516. The van der Waals surface area contributed by atoms with Gasteiger partial charge in [-0.1, -0.05) is 170 Å². The molecule has 9 aromatic carbocycles. The molecule has 0 fully saturated rings. The Balaban J connectivity index is 0.993. The first-order valence-electron chi connectivity index (χ1n) is 22.2. The second-order valence-corrected chi connectivity index (χ2v) is 16.9. The third-order valence-electron chi connectivity index (χ3n) is 13.4. The molecule has 2 N–H and O–H groups in total. The molecule has 1 aliphatic carbocycles. The zero-order valence-corrected chi connectivity index (χ0v) is 35.0. The number of allylic oxidation sites excluding steroid dienone is 1. The van der Waals surface area contributed by atoms with Gasteiger partial charge in [0.1, 0.15) is 0 Å². The summed E-state index contributed by atoms with van der Waals surface area (Å²) in [4.78, 5) is 9.30. The highest BCUT2D eigenvalue weighted by molar-refractivity contribution is 6.22. The van der Waals surface area contributed by atoms with Crippen molar-refractivity contribution < 1.29 is 4.99 Å². The molecule has 0 radical (unpaired) electrons. The minimum absolute atomic E-state index is 0.0973. The summed E-state index contributed by atoms with van der Waals surface area (Å²) in [6, 6.07) is 74.7. The van der Waals surface area contributed by atoms with Crippen LogP contribution < -0.4 is 10.3 Å². The lowest BCUT2D eigenvalue weighted by Crippen LogP contribution is -2.81. The number of hydrogen-bond acceptors (Lipinski definition) is 2. The van der Waals surface area contributed by atoms with E-state index in [0.717, 1.165) is 34.9 Å². The maximum absolute atomic E-state index is 5.44. The molecule has 302 valence electrons. The van der Waals surface area contributed by atoms with Gasteiger partial charge in [0, 0.05) is 38.2 Å². The summed E-state index contributed by atoms with van der Waals surface area (Å²) < 4.78 is 4.94. The van der Waals surface area contributed by atoms with Crippen LogP contribution in [0.3, 0.4) is 0 Å². The van der Waals surface area contributed by atoms with E-state index in [4.69, 9.17) is 4.99 Å². The van der Waals surface area contributed by atoms with Crippen LogP contribution >= 0.6 is 0 Å². The van der Waals surface area contributed by atoms with E-state index in [9.17, 15) is 0 Å². The van der Waals surface area contributed by atoms with E-state index in [-0.39, 0.29) is 12.1 Å². The highest BCUT2D eigenvalue weighted by Gasteiger charge is 2.35. The second-order valence-electron chi connectivity index (χ2n) is 16.9. The highest BCUT2D eigenvalue weighted by Crippen LogP contribution is 2.43. The third-order valence-corrected chi connectivity index (χ3v) is 13.4. The number of aromatic nitrogens is 2. The number of benzene rings is 9. The van der Waals surface area contributed by atoms with E-state index in [0.29, 0.717) is 0 Å². The zero-order valence-electron chi connectivity index (χ0n) is 35.0. The van der Waals surface area contributed by atoms with Gasteiger partial charge >= 0.3 is 5.84 Å². The Hall–Kier alpha value is -8.28. The van der Waals surface area contributed by atoms with Gasteiger partial charge in [-0.15, -0.1) is 0 Å². The minimum Gasteiger partial charge on any atom is -0.310 e. The first kappa shape index (κ1) is 36.4. The molecule has 2 unspecified atom stereocenters. The van der Waals surface area contributed by atoms with Gasteiger partial charge in [0.15, 0.2) is 6.17 Å². The van der Waals surface area contributed by atoms with Crippen LogP contribution in [0.2, 0.25) is 0 Å². The topological polar surface area (TPSA) is 48.2 Å². The molecule has 11 aromatic rings. The quantitative estimate of drug-likeness (QED) is 0.172. The van der Waals surface area contributed by atoms with Crippen molar-refractivity contribution in [1.29, 1.82) is 0 Å². The normalized spacial score (nSPS) is 16.0. The molecule has 0 spiro atoms. The molecule has 0 saturated heterocycles. The Bertz CT molecular complexity index is 3680. The third kappa shape index (κ3) is 5.71. The molecule has 2 atom stereocenters. The standard InChI is InChI=1S/C59H41N5/c1-2-17-38(18-3-1)43-23-8-9-27-48(43)58-60-57(61-59(62-58)49-29-16-21-39-19-4-6-22-44(39)49)40-33-35-42(36-34-40)63-53-32-15-12-28-50(53)55-54(63)37-41-20-5-7-24-45(41)56(55)64-51-30-13-10-25-46(51)47-26-11-14-31-52(47)64/h1-28,30-37,49,58H,29H2,(H,60,61,62)/p+1. The number of rotatable bonds is 6. The molecule has 0 amide bonds. The highest BCUT2D eigenvalue weighted by atomic mass is 15.2. The van der Waals surface area contributed by atoms with Crippen LogP contribution in [-0.2, 0) is 0 Å². The Labute approximate surface area is 370 Å². The summed E-state index contributed by atoms with van der Waals surface area (Å²) >= 11 is 0. The summed E-state index contributed by atoms with van der Waals surface area (Å²) in [5, 5.41) is 11.3. The summed E-state index contributed by atoms with van der Waals surface area (Å²) in [6.45, 7) is 0. The van der Waals surface area contributed by atoms with Crippen molar-refractivity contribution in [2.45, 2.75) is 18.5 Å². The summed E-state index contributed by atoms with van der Waals surface area (Å²) in [5.74, 6) is 1.91. The van der Waals surface area contributed by atoms with Gasteiger partial charge in [0.05, 0.1) is 39.2 Å². The van der Waals surface area contributed by atoms with Gasteiger partial charge in [0.25, 0.3) is 0 Å². The number of nitrogens with zero attached hydrogens (tertiary/aromatic N) is 3. The molecule has 13 rings (SSSR count). The van der Waals surface area contributed by atoms with Crippen molar-refractivity contribution in [1.82, 2.24) is 14.5 Å². The molecule has 5 nitrogen and oxygen atoms in total. The number of hydrogen-bond donors (Lipinski definition) is 2. The van der Waals surface area contributed by atoms with Gasteiger partial charge in [-0.2, -0.15) is 0 Å². The van der Waals surface area contributed by atoms with Crippen molar-refractivity contribution >= 4 is 72.1 Å². The van der Waals surface area contributed by atoms with Gasteiger partial charge in [-0.05, 0) is 87.6 Å². The lowest BCUT2D eigenvalue weighted by atomic mass is 9.85. The number of fused-ring (bicyclic) bond motifs is 8. The van der Waals surface area contributed by atoms with Crippen molar-refractivity contribution in [3.05, 3.63) is 235 Å². The molecule has 2 aliphatic rings. The SMILES string of the molecule is C1=Cc2ccccc2C(C2=NC(c3ccc(-n4c5ccccc5c5c(-n6c7ccccc7c7ccccc76)c6ccccc6cc54)cc3)=[NH+]C(c3ccccc3-c3ccccc3)N2)C1. The van der Waals surface area contributed by atoms with Crippen LogP contribution in [-0.4, -0.2) is 20.8 Å². The van der Waals surface area contributed by atoms with Crippen molar-refractivity contribution in [3.8, 4) is 22.5 Å². The number of amidine groups is 2. The van der Waals surface area contributed by atoms with Crippen LogP contribution in [0.1, 0.15) is 40.8 Å². The van der Waals surface area contributed by atoms with E-state index in [1.165, 1.54) is 82.4 Å². The predicted octanol–water partition coefficient (Wildman–Crippen LogP) is 12.4. The fourth-order valence-electron chi connectivity index (χ4n) is 10.5. The molecule has 64 heavy (non-hydrogen) atoms. The summed E-state index contributed by atoms with van der Waals surface area (Å²) in [5.41, 5.74) is 14.1. The molecule has 3 heterocycles. The molecule has 0 bridgehead atoms. The van der Waals surface area contributed by atoms with Crippen LogP contribution in [0.25, 0.3) is 83.0 Å². The maximum atomic E-state index is 5.44. The van der Waals surface area contributed by atoms with Crippen LogP contribution in [0.15, 0.2) is 217 Å². The van der Waals surface area contributed by atoms with Gasteiger partial charge < -0.3 is 14.5 Å². The zero-order chi connectivity index (χ0) is 42.1. The van der Waals surface area contributed by atoms with Gasteiger partial charge in [-0.3, -0.25) is 0 Å². The number of para-hydroxylation sites is 3. The van der Waals surface area contributed by atoms with E-state index in [1.54, 1.807) is 0 Å². The molecule has 5 heteroatoms. The largest absolute Gasteiger partial charge is 0.327 e. The molecular weight excluding hydrogens is 779 g/mol. The fourth-order valence-corrected chi connectivity index (χ4v) is 10.5. The Morgan fingerprint density at radius 3 is 1.88 bits per heavy atom. The first-order chi connectivity index (χ1) is 31.8. The minimum atomic E-state index is -0.207. The average molecular weight is 821 g/mol. The average Bonchev–Trinajstić information content (AvgIpc) is 3.88. The van der Waals surface area contributed by atoms with Gasteiger partial charge in [0.2, 0.25) is 5.84 Å². The lowest BCUT2D eigenvalue weighted by Gasteiger charge is -2.26. The summed E-state index contributed by atoms with van der Waals surface area (Å²) in [7, 11) is 0. The van der Waals surface area contributed by atoms with Crippen molar-refractivity contribution in [2.75, 3.05) is 0 Å². The fraction of sp³-hybridized carbons (Fsp3) is 0.0508. The predicted molar refractivity (Wildman–Crippen MR) is 266 cm³/mol. The summed E-state index contributed by atoms with van der Waals surface area (Å²) in [6.07, 6.45) is 5.19. The Kier molecular flexibility index (Phi) is 8.34. The molecule has 1 aliphatic heterocycles. The second kappa shape index (κ2) is 14.7. The first-order valence-corrected chi connectivity index (χ1v) is 22.2. The Morgan fingerprint density at radius 1 is 0.500 bits per heavy atom. The Morgan fingerprint density at radius 2 is 1.11 bits per heavy atom. The maximum Gasteiger partial charge on any atom is 0.327 e. The van der Waals surface area contributed by atoms with Gasteiger partial charge in [-0.25, -0.2) is 4.99 Å². The van der Waals surface area contributed by atoms with E-state index < -0.39 is 0 Å². The van der Waals surface area contributed by atoms with E-state index in [2.05, 4.69) is 238 Å².